The Bertz CT molecular complexity index is 1260. The number of imide groups is 1. The van der Waals surface area contributed by atoms with E-state index in [4.69, 9.17) is 21.3 Å². The Kier molecular flexibility index (Phi) is 7.69. The number of aromatic nitrogens is 1. The summed E-state index contributed by atoms with van der Waals surface area (Å²) >= 11 is 7.75. The quantitative estimate of drug-likeness (QED) is 0.388. The van der Waals surface area contributed by atoms with Crippen molar-refractivity contribution in [2.75, 3.05) is 43.1 Å². The molecule has 10 heteroatoms. The number of hydrogen-bond donors (Lipinski definition) is 0. The minimum absolute atomic E-state index is 0.182. The molecule has 0 radical (unpaired) electrons. The van der Waals surface area contributed by atoms with Gasteiger partial charge in [0.1, 0.15) is 11.3 Å². The average molecular weight is 515 g/mol. The molecule has 3 aromatic rings. The summed E-state index contributed by atoms with van der Waals surface area (Å²) in [7, 11) is 1.57. The molecule has 1 saturated heterocycles. The van der Waals surface area contributed by atoms with Gasteiger partial charge < -0.3 is 9.64 Å². The molecular weight excluding hydrogens is 488 g/mol. The Balaban J connectivity index is 1.73. The van der Waals surface area contributed by atoms with Crippen molar-refractivity contribution in [2.24, 2.45) is 0 Å². The minimum Gasteiger partial charge on any atom is -0.494 e. The van der Waals surface area contributed by atoms with E-state index in [0.29, 0.717) is 45.8 Å². The highest BCUT2D eigenvalue weighted by molar-refractivity contribution is 7.23. The molecule has 0 N–H and O–H groups in total. The van der Waals surface area contributed by atoms with Gasteiger partial charge in [-0.25, -0.2) is 4.98 Å². The molecule has 2 heterocycles. The van der Waals surface area contributed by atoms with E-state index in [1.54, 1.807) is 48.4 Å². The number of methoxy groups -OCH3 is 1. The number of likely N-dealkylation sites (N-methyl/N-ethyl adjacent to an activating group) is 1. The van der Waals surface area contributed by atoms with E-state index in [-0.39, 0.29) is 30.6 Å². The number of carbonyl (C=O) groups excluding carboxylic acids is 3. The Morgan fingerprint density at radius 3 is 2.49 bits per heavy atom. The van der Waals surface area contributed by atoms with Crippen molar-refractivity contribution >= 4 is 61.7 Å². The van der Waals surface area contributed by atoms with Crippen molar-refractivity contribution in [3.8, 4) is 5.75 Å². The number of carbonyl (C=O) groups is 3. The first-order chi connectivity index (χ1) is 16.9. The number of fused-ring (bicyclic) bond motifs is 1. The number of thiazole rings is 1. The lowest BCUT2D eigenvalue weighted by Gasteiger charge is -2.25. The number of ether oxygens (including phenoxy) is 1. The normalized spacial score (nSPS) is 13.8. The van der Waals surface area contributed by atoms with Gasteiger partial charge in [-0.3, -0.25) is 24.2 Å². The maximum atomic E-state index is 13.8. The number of anilines is 2. The van der Waals surface area contributed by atoms with Crippen molar-refractivity contribution in [1.29, 1.82) is 0 Å². The van der Waals surface area contributed by atoms with Crippen molar-refractivity contribution < 1.29 is 19.1 Å². The minimum atomic E-state index is -0.271. The molecule has 0 saturated carbocycles. The summed E-state index contributed by atoms with van der Waals surface area (Å²) in [6, 6.07) is 10.1. The molecule has 8 nitrogen and oxygen atoms in total. The summed E-state index contributed by atoms with van der Waals surface area (Å²) in [5.74, 6) is -0.208. The van der Waals surface area contributed by atoms with Gasteiger partial charge in [-0.05, 0) is 43.4 Å². The maximum absolute atomic E-state index is 13.8. The molecule has 1 aliphatic heterocycles. The Morgan fingerprint density at radius 2 is 1.83 bits per heavy atom. The first-order valence-electron chi connectivity index (χ1n) is 11.5. The van der Waals surface area contributed by atoms with Gasteiger partial charge in [0.05, 0.1) is 22.5 Å². The lowest BCUT2D eigenvalue weighted by atomic mass is 10.1. The Labute approximate surface area is 213 Å². The van der Waals surface area contributed by atoms with Crippen molar-refractivity contribution in [1.82, 2.24) is 9.88 Å². The van der Waals surface area contributed by atoms with Crippen LogP contribution in [0.25, 0.3) is 10.2 Å². The summed E-state index contributed by atoms with van der Waals surface area (Å²) in [6.07, 6.45) is 0.364. The number of rotatable bonds is 9. The zero-order chi connectivity index (χ0) is 25.1. The van der Waals surface area contributed by atoms with Gasteiger partial charge in [0.25, 0.3) is 5.91 Å². The van der Waals surface area contributed by atoms with Crippen LogP contribution in [0.1, 0.15) is 37.0 Å². The van der Waals surface area contributed by atoms with Crippen molar-refractivity contribution in [3.05, 3.63) is 47.0 Å². The van der Waals surface area contributed by atoms with Crippen LogP contribution in [-0.2, 0) is 9.59 Å². The predicted molar refractivity (Wildman–Crippen MR) is 139 cm³/mol. The number of nitrogens with zero attached hydrogens (tertiary/aromatic N) is 4. The molecule has 1 fully saturated rings. The second-order valence-corrected chi connectivity index (χ2v) is 9.47. The molecule has 2 aromatic carbocycles. The number of hydrogen-bond acceptors (Lipinski definition) is 7. The molecule has 0 spiro atoms. The van der Waals surface area contributed by atoms with E-state index in [9.17, 15) is 14.4 Å². The van der Waals surface area contributed by atoms with Gasteiger partial charge in [-0.2, -0.15) is 0 Å². The summed E-state index contributed by atoms with van der Waals surface area (Å²) in [5.41, 5.74) is 1.37. The fourth-order valence-corrected chi connectivity index (χ4v) is 5.37. The van der Waals surface area contributed by atoms with Crippen LogP contribution in [0, 0.1) is 0 Å². The third kappa shape index (κ3) is 5.03. The standard InChI is InChI=1S/C25H27ClN4O4S/c1-4-28(5-2)13-14-29(25-27-22-19(34-3)10-9-18(26)23(22)35-25)24(33)16-7-6-8-17(15-16)30-20(31)11-12-21(30)32/h6-10,15H,4-5,11-14H2,1-3H3. The lowest BCUT2D eigenvalue weighted by Crippen LogP contribution is -2.39. The maximum Gasteiger partial charge on any atom is 0.260 e. The topological polar surface area (TPSA) is 83.0 Å². The van der Waals surface area contributed by atoms with E-state index >= 15 is 0 Å². The molecule has 184 valence electrons. The van der Waals surface area contributed by atoms with Crippen LogP contribution in [0.3, 0.4) is 0 Å². The van der Waals surface area contributed by atoms with Crippen molar-refractivity contribution in [3.63, 3.8) is 0 Å². The molecule has 35 heavy (non-hydrogen) atoms. The third-order valence-electron chi connectivity index (χ3n) is 6.08. The highest BCUT2D eigenvalue weighted by Gasteiger charge is 2.31. The molecular formula is C25H27ClN4O4S. The largest absolute Gasteiger partial charge is 0.494 e. The van der Waals surface area contributed by atoms with Crippen molar-refractivity contribution in [2.45, 2.75) is 26.7 Å². The van der Waals surface area contributed by atoms with Gasteiger partial charge in [0.2, 0.25) is 11.8 Å². The zero-order valence-electron chi connectivity index (χ0n) is 19.9. The Hall–Kier alpha value is -3.01. The monoisotopic (exact) mass is 514 g/mol. The number of benzene rings is 2. The second kappa shape index (κ2) is 10.7. The van der Waals surface area contributed by atoms with Crippen LogP contribution in [0.2, 0.25) is 5.02 Å². The van der Waals surface area contributed by atoms with E-state index < -0.39 is 0 Å². The highest BCUT2D eigenvalue weighted by Crippen LogP contribution is 2.39. The molecule has 0 unspecified atom stereocenters. The average Bonchev–Trinajstić information content (AvgIpc) is 3.46. The second-order valence-electron chi connectivity index (χ2n) is 8.08. The summed E-state index contributed by atoms with van der Waals surface area (Å²) in [5, 5.41) is 1.04. The molecule has 1 aliphatic rings. The van der Waals surface area contributed by atoms with Crippen LogP contribution in [-0.4, -0.2) is 60.9 Å². The first kappa shape index (κ1) is 25.1. The molecule has 4 rings (SSSR count). The number of halogens is 1. The summed E-state index contributed by atoms with van der Waals surface area (Å²) in [4.78, 5) is 48.0. The first-order valence-corrected chi connectivity index (χ1v) is 12.7. The van der Waals surface area contributed by atoms with Crippen LogP contribution in [0.4, 0.5) is 10.8 Å². The van der Waals surface area contributed by atoms with Crippen LogP contribution in [0.5, 0.6) is 5.75 Å². The van der Waals surface area contributed by atoms with Gasteiger partial charge in [-0.1, -0.05) is 42.9 Å². The van der Waals surface area contributed by atoms with Crippen LogP contribution < -0.4 is 14.5 Å². The van der Waals surface area contributed by atoms with E-state index in [2.05, 4.69) is 18.7 Å². The van der Waals surface area contributed by atoms with E-state index in [0.717, 1.165) is 22.7 Å². The predicted octanol–water partition coefficient (Wildman–Crippen LogP) is 4.60. The lowest BCUT2D eigenvalue weighted by molar-refractivity contribution is -0.121. The van der Waals surface area contributed by atoms with E-state index in [1.807, 2.05) is 0 Å². The molecule has 1 aromatic heterocycles. The molecule has 0 aliphatic carbocycles. The summed E-state index contributed by atoms with van der Waals surface area (Å²) < 4.78 is 6.19. The molecule has 0 atom stereocenters. The van der Waals surface area contributed by atoms with Crippen LogP contribution in [0.15, 0.2) is 36.4 Å². The third-order valence-corrected chi connectivity index (χ3v) is 7.62. The van der Waals surface area contributed by atoms with Gasteiger partial charge >= 0.3 is 0 Å². The smallest absolute Gasteiger partial charge is 0.260 e. The SMILES string of the molecule is CCN(CC)CCN(C(=O)c1cccc(N2C(=O)CCC2=O)c1)c1nc2c(OC)ccc(Cl)c2s1. The molecule has 0 bridgehead atoms. The van der Waals surface area contributed by atoms with Crippen LogP contribution >= 0.6 is 22.9 Å². The Morgan fingerprint density at radius 1 is 1.11 bits per heavy atom. The van der Waals surface area contributed by atoms with E-state index in [1.165, 1.54) is 11.3 Å². The fourth-order valence-electron chi connectivity index (χ4n) is 4.09. The van der Waals surface area contributed by atoms with Gasteiger partial charge in [0, 0.05) is 31.5 Å². The fraction of sp³-hybridized carbons (Fsp3) is 0.360. The van der Waals surface area contributed by atoms with Gasteiger partial charge in [0.15, 0.2) is 5.13 Å². The number of amides is 3. The summed E-state index contributed by atoms with van der Waals surface area (Å²) in [6.45, 7) is 6.92. The molecule has 3 amide bonds. The van der Waals surface area contributed by atoms with Gasteiger partial charge in [-0.15, -0.1) is 0 Å². The highest BCUT2D eigenvalue weighted by atomic mass is 35.5. The zero-order valence-corrected chi connectivity index (χ0v) is 21.5.